The van der Waals surface area contributed by atoms with Crippen LogP contribution in [-0.4, -0.2) is 47.5 Å². The number of anilines is 1. The highest BCUT2D eigenvalue weighted by atomic mass is 16.2. The molecule has 4 aromatic heterocycles. The van der Waals surface area contributed by atoms with Crippen molar-refractivity contribution in [3.8, 4) is 0 Å². The molecule has 2 aromatic carbocycles. The monoisotopic (exact) mass is 533 g/mol. The Hall–Kier alpha value is -4.99. The lowest BCUT2D eigenvalue weighted by Gasteiger charge is -2.33. The first-order valence-corrected chi connectivity index (χ1v) is 13.3. The summed E-state index contributed by atoms with van der Waals surface area (Å²) in [5.74, 6) is 0.522. The van der Waals surface area contributed by atoms with Gasteiger partial charge in [0.05, 0.1) is 11.0 Å². The number of carbonyl (C=O) groups is 1. The molecule has 1 aliphatic heterocycles. The van der Waals surface area contributed by atoms with Crippen LogP contribution in [0.4, 0.5) is 5.82 Å². The maximum absolute atomic E-state index is 13.4. The van der Waals surface area contributed by atoms with E-state index >= 15 is 0 Å². The molecule has 0 radical (unpaired) electrons. The molecule has 0 amide bonds. The van der Waals surface area contributed by atoms with Crippen LogP contribution in [0.25, 0.3) is 32.8 Å². The van der Waals surface area contributed by atoms with Crippen molar-refractivity contribution in [1.29, 1.82) is 0 Å². The molecule has 10 heteroatoms. The number of nitrogens with one attached hydrogen (secondary N) is 1. The normalized spacial score (nSPS) is 14.5. The van der Waals surface area contributed by atoms with E-state index in [4.69, 9.17) is 0 Å². The van der Waals surface area contributed by atoms with Gasteiger partial charge in [0.2, 0.25) is 5.78 Å². The minimum Gasteiger partial charge on any atom is -0.356 e. The number of aromatic amines is 1. The SMILES string of the molecule is Cn1cc(C(=O)c2cc(N3CCC(n4c(=O)[nH]c5c6ccccc6n(C)c(=O)c54)CC3)ncn2)c2ccccc21. The molecule has 1 aliphatic rings. The van der Waals surface area contributed by atoms with E-state index < -0.39 is 0 Å². The summed E-state index contributed by atoms with van der Waals surface area (Å²) in [4.78, 5) is 53.7. The second kappa shape index (κ2) is 9.04. The quantitative estimate of drug-likeness (QED) is 0.347. The largest absolute Gasteiger partial charge is 0.356 e. The van der Waals surface area contributed by atoms with Gasteiger partial charge in [-0.05, 0) is 25.0 Å². The van der Waals surface area contributed by atoms with Crippen molar-refractivity contribution < 1.29 is 4.79 Å². The van der Waals surface area contributed by atoms with E-state index in [0.717, 1.165) is 21.8 Å². The number of fused-ring (bicyclic) bond motifs is 4. The van der Waals surface area contributed by atoms with Crippen LogP contribution in [-0.2, 0) is 14.1 Å². The lowest BCUT2D eigenvalue weighted by molar-refractivity contribution is 0.103. The number of H-pyrrole nitrogens is 1. The molecule has 0 saturated carbocycles. The highest BCUT2D eigenvalue weighted by molar-refractivity contribution is 6.15. The summed E-state index contributed by atoms with van der Waals surface area (Å²) in [6, 6.07) is 17.0. The van der Waals surface area contributed by atoms with Gasteiger partial charge in [0.25, 0.3) is 5.56 Å². The molecule has 0 aliphatic carbocycles. The third-order valence-corrected chi connectivity index (χ3v) is 8.15. The Balaban J connectivity index is 1.17. The number of carbonyl (C=O) groups excluding carboxylic acids is 1. The zero-order valence-electron chi connectivity index (χ0n) is 22.2. The van der Waals surface area contributed by atoms with Gasteiger partial charge < -0.3 is 19.0 Å². The maximum Gasteiger partial charge on any atom is 0.326 e. The van der Waals surface area contributed by atoms with Crippen LogP contribution >= 0.6 is 0 Å². The number of para-hydroxylation sites is 2. The van der Waals surface area contributed by atoms with Gasteiger partial charge in [-0.3, -0.25) is 14.2 Å². The third kappa shape index (κ3) is 3.59. The first kappa shape index (κ1) is 24.1. The number of hydrogen-bond acceptors (Lipinski definition) is 6. The van der Waals surface area contributed by atoms with Crippen molar-refractivity contribution in [3.05, 3.63) is 99.2 Å². The van der Waals surface area contributed by atoms with E-state index in [1.54, 1.807) is 22.2 Å². The average molecular weight is 534 g/mol. The number of imidazole rings is 1. The van der Waals surface area contributed by atoms with Gasteiger partial charge in [0, 0.05) is 67.3 Å². The second-order valence-corrected chi connectivity index (χ2v) is 10.4. The third-order valence-electron chi connectivity index (χ3n) is 8.15. The molecule has 0 spiro atoms. The van der Waals surface area contributed by atoms with Crippen LogP contribution in [0.1, 0.15) is 34.9 Å². The lowest BCUT2D eigenvalue weighted by atomic mass is 10.0. The number of rotatable bonds is 4. The van der Waals surface area contributed by atoms with E-state index in [1.165, 1.54) is 6.33 Å². The Morgan fingerprint density at radius 2 is 1.62 bits per heavy atom. The summed E-state index contributed by atoms with van der Waals surface area (Å²) in [6.45, 7) is 1.24. The van der Waals surface area contributed by atoms with Gasteiger partial charge in [-0.2, -0.15) is 0 Å². The molecular formula is C30H27N7O3. The number of benzene rings is 2. The Labute approximate surface area is 228 Å². The summed E-state index contributed by atoms with van der Waals surface area (Å²) in [5, 5.41) is 1.73. The Morgan fingerprint density at radius 1 is 0.925 bits per heavy atom. The average Bonchev–Trinajstić information content (AvgIpc) is 3.52. The molecule has 5 heterocycles. The number of aryl methyl sites for hydroxylation is 2. The van der Waals surface area contributed by atoms with Crippen LogP contribution in [0.15, 0.2) is 76.7 Å². The molecule has 200 valence electrons. The number of nitrogens with zero attached hydrogens (tertiary/aromatic N) is 6. The molecule has 0 atom stereocenters. The van der Waals surface area contributed by atoms with Crippen molar-refractivity contribution in [3.63, 3.8) is 0 Å². The van der Waals surface area contributed by atoms with E-state index in [0.29, 0.717) is 54.0 Å². The topological polar surface area (TPSA) is 111 Å². The molecular weight excluding hydrogens is 506 g/mol. The van der Waals surface area contributed by atoms with Crippen molar-refractivity contribution in [2.75, 3.05) is 18.0 Å². The van der Waals surface area contributed by atoms with Gasteiger partial charge in [-0.1, -0.05) is 36.4 Å². The summed E-state index contributed by atoms with van der Waals surface area (Å²) in [6.07, 6.45) is 4.57. The first-order chi connectivity index (χ1) is 19.4. The second-order valence-electron chi connectivity index (χ2n) is 10.4. The molecule has 40 heavy (non-hydrogen) atoms. The van der Waals surface area contributed by atoms with Crippen molar-refractivity contribution in [2.45, 2.75) is 18.9 Å². The van der Waals surface area contributed by atoms with Gasteiger partial charge in [-0.25, -0.2) is 14.8 Å². The van der Waals surface area contributed by atoms with Crippen LogP contribution < -0.4 is 16.1 Å². The maximum atomic E-state index is 13.4. The molecule has 10 nitrogen and oxygen atoms in total. The zero-order valence-corrected chi connectivity index (χ0v) is 22.2. The molecule has 6 aromatic rings. The van der Waals surface area contributed by atoms with E-state index in [-0.39, 0.29) is 23.1 Å². The molecule has 1 fully saturated rings. The van der Waals surface area contributed by atoms with Gasteiger partial charge >= 0.3 is 5.69 Å². The van der Waals surface area contributed by atoms with Crippen LogP contribution in [0, 0.1) is 0 Å². The van der Waals surface area contributed by atoms with Crippen LogP contribution in [0.3, 0.4) is 0 Å². The summed E-state index contributed by atoms with van der Waals surface area (Å²) < 4.78 is 5.18. The first-order valence-electron chi connectivity index (χ1n) is 13.3. The highest BCUT2D eigenvalue weighted by Crippen LogP contribution is 2.29. The predicted molar refractivity (Wildman–Crippen MR) is 154 cm³/mol. The standard InChI is InChI=1S/C30H27N7O3/c1-34-16-21(19-7-3-5-9-23(19)34)28(38)22-15-25(32-17-31-22)36-13-11-18(12-14-36)37-27-26(33-30(37)40)20-8-4-6-10-24(20)35(2)29(27)39/h3-10,15-18H,11-14H2,1-2H3,(H,33,40). The van der Waals surface area contributed by atoms with Crippen LogP contribution in [0.5, 0.6) is 0 Å². The molecule has 1 N–H and O–H groups in total. The van der Waals surface area contributed by atoms with Gasteiger partial charge in [-0.15, -0.1) is 0 Å². The fourth-order valence-electron chi connectivity index (χ4n) is 6.11. The highest BCUT2D eigenvalue weighted by Gasteiger charge is 2.27. The molecule has 1 saturated heterocycles. The van der Waals surface area contributed by atoms with Gasteiger partial charge in [0.15, 0.2) is 0 Å². The van der Waals surface area contributed by atoms with Crippen molar-refractivity contribution in [1.82, 2.24) is 28.7 Å². The fourth-order valence-corrected chi connectivity index (χ4v) is 6.11. The minimum atomic E-state index is -0.271. The predicted octanol–water partition coefficient (Wildman–Crippen LogP) is 3.54. The molecule has 7 rings (SSSR count). The van der Waals surface area contributed by atoms with Gasteiger partial charge in [0.1, 0.15) is 23.4 Å². The number of hydrogen-bond donors (Lipinski definition) is 1. The number of piperidine rings is 1. The fraction of sp³-hybridized carbons (Fsp3) is 0.233. The Bertz CT molecular complexity index is 2070. The molecule has 0 bridgehead atoms. The van der Waals surface area contributed by atoms with Crippen molar-refractivity contribution >= 4 is 44.4 Å². The smallest absolute Gasteiger partial charge is 0.326 e. The van der Waals surface area contributed by atoms with Crippen LogP contribution in [0.2, 0.25) is 0 Å². The van der Waals surface area contributed by atoms with E-state index in [2.05, 4.69) is 19.9 Å². The van der Waals surface area contributed by atoms with E-state index in [1.807, 2.05) is 66.3 Å². The molecule has 0 unspecified atom stereocenters. The summed E-state index contributed by atoms with van der Waals surface area (Å²) in [7, 11) is 3.66. The number of aromatic nitrogens is 6. The van der Waals surface area contributed by atoms with Crippen molar-refractivity contribution in [2.24, 2.45) is 14.1 Å². The Kier molecular flexibility index (Phi) is 5.44. The zero-order chi connectivity index (χ0) is 27.5. The number of ketones is 1. The summed E-state index contributed by atoms with van der Waals surface area (Å²) >= 11 is 0. The number of pyridine rings is 1. The minimum absolute atomic E-state index is 0.134. The summed E-state index contributed by atoms with van der Waals surface area (Å²) in [5.41, 5.74) is 3.24. The lowest BCUT2D eigenvalue weighted by Crippen LogP contribution is -2.38. The van der Waals surface area contributed by atoms with E-state index in [9.17, 15) is 14.4 Å². The Morgan fingerprint density at radius 3 is 2.40 bits per heavy atom.